The number of carbonyl (C=O) groups is 2. The van der Waals surface area contributed by atoms with Crippen molar-refractivity contribution in [2.45, 2.75) is 39.8 Å². The number of benzene rings is 1. The number of rotatable bonds is 8. The van der Waals surface area contributed by atoms with Crippen molar-refractivity contribution in [2.75, 3.05) is 6.54 Å². The normalized spacial score (nSPS) is 11.7. The number of carbonyl (C=O) groups excluding carboxylic acids is 2. The van der Waals surface area contributed by atoms with E-state index in [9.17, 15) is 14.4 Å². The van der Waals surface area contributed by atoms with Gasteiger partial charge in [0, 0.05) is 30.9 Å². The average Bonchev–Trinajstić information content (AvgIpc) is 3.20. The van der Waals surface area contributed by atoms with Gasteiger partial charge in [0.1, 0.15) is 11.1 Å². The van der Waals surface area contributed by atoms with E-state index in [1.165, 1.54) is 23.7 Å². The molecule has 2 N–H and O–H groups in total. The Morgan fingerprint density at radius 3 is 2.42 bits per heavy atom. The second-order valence-corrected chi connectivity index (χ2v) is 8.30. The first-order chi connectivity index (χ1) is 14.9. The lowest BCUT2D eigenvalue weighted by molar-refractivity contribution is 0.0937. The van der Waals surface area contributed by atoms with Crippen molar-refractivity contribution >= 4 is 23.2 Å². The summed E-state index contributed by atoms with van der Waals surface area (Å²) in [7, 11) is 0. The van der Waals surface area contributed by atoms with Crippen molar-refractivity contribution < 1.29 is 9.59 Å². The van der Waals surface area contributed by atoms with Crippen LogP contribution in [0.25, 0.3) is 0 Å². The third-order valence-corrected chi connectivity index (χ3v) is 5.63. The average molecular weight is 439 g/mol. The molecule has 2 heterocycles. The highest BCUT2D eigenvalue weighted by atomic mass is 32.1. The van der Waals surface area contributed by atoms with Gasteiger partial charge in [-0.25, -0.2) is 4.98 Å². The number of pyridine rings is 1. The lowest BCUT2D eigenvalue weighted by atomic mass is 10.1. The van der Waals surface area contributed by atoms with Gasteiger partial charge in [-0.1, -0.05) is 30.3 Å². The Hall–Kier alpha value is -3.26. The number of nitrogens with one attached hydrogen (secondary N) is 2. The van der Waals surface area contributed by atoms with Crippen molar-refractivity contribution in [3.05, 3.63) is 85.7 Å². The number of aromatic nitrogens is 2. The Balaban J connectivity index is 1.89. The number of amides is 2. The van der Waals surface area contributed by atoms with E-state index in [-0.39, 0.29) is 17.2 Å². The molecular weight excluding hydrogens is 412 g/mol. The zero-order chi connectivity index (χ0) is 22.4. The fraction of sp³-hybridized carbons (Fsp3) is 0.304. The highest BCUT2D eigenvalue weighted by Gasteiger charge is 2.21. The minimum Gasteiger partial charge on any atom is -0.352 e. The Labute approximate surface area is 185 Å². The predicted molar refractivity (Wildman–Crippen MR) is 122 cm³/mol. The molecule has 1 aromatic carbocycles. The Bertz CT molecular complexity index is 1120. The number of aryl methyl sites for hydroxylation is 3. The number of hydrogen-bond donors (Lipinski definition) is 2. The molecule has 1 atom stereocenters. The molecule has 0 aliphatic heterocycles. The number of nitrogens with zero attached hydrogens (tertiary/aromatic N) is 2. The molecule has 162 valence electrons. The van der Waals surface area contributed by atoms with Gasteiger partial charge in [0.25, 0.3) is 11.8 Å². The quantitative estimate of drug-likeness (QED) is 0.565. The van der Waals surface area contributed by atoms with Crippen LogP contribution >= 0.6 is 11.3 Å². The van der Waals surface area contributed by atoms with E-state index < -0.39 is 17.2 Å². The van der Waals surface area contributed by atoms with Crippen molar-refractivity contribution in [1.82, 2.24) is 20.2 Å². The molecule has 0 spiro atoms. The van der Waals surface area contributed by atoms with Crippen LogP contribution < -0.4 is 16.1 Å². The molecule has 0 aliphatic rings. The standard InChI is InChI=1S/C23H26N4O3S/c1-4-24-22(29)18-12-27(11-10-17-8-6-5-7-9-17)13-19(21(18)28)23(30)25-15(2)20-14-31-16(3)26-20/h5-9,12-15H,4,10-11H2,1-3H3,(H,24,29)(H,25,30)/t15-/m1/s1. The molecule has 3 aromatic rings. The first kappa shape index (κ1) is 22.4. The van der Waals surface area contributed by atoms with Gasteiger partial charge < -0.3 is 15.2 Å². The SMILES string of the molecule is CCNC(=O)c1cn(CCc2ccccc2)cc(C(=O)N[C@H](C)c2csc(C)n2)c1=O. The summed E-state index contributed by atoms with van der Waals surface area (Å²) in [6.07, 6.45) is 3.73. The topological polar surface area (TPSA) is 93.1 Å². The minimum atomic E-state index is -0.582. The Morgan fingerprint density at radius 2 is 1.81 bits per heavy atom. The molecule has 0 bridgehead atoms. The van der Waals surface area contributed by atoms with Gasteiger partial charge in [0.2, 0.25) is 5.43 Å². The van der Waals surface area contributed by atoms with E-state index in [2.05, 4.69) is 15.6 Å². The van der Waals surface area contributed by atoms with Crippen LogP contribution in [-0.2, 0) is 13.0 Å². The van der Waals surface area contributed by atoms with E-state index >= 15 is 0 Å². The molecule has 0 aliphatic carbocycles. The van der Waals surface area contributed by atoms with Gasteiger partial charge >= 0.3 is 0 Å². The van der Waals surface area contributed by atoms with Crippen LogP contribution in [0.15, 0.2) is 52.9 Å². The van der Waals surface area contributed by atoms with E-state index in [1.54, 1.807) is 11.5 Å². The fourth-order valence-electron chi connectivity index (χ4n) is 3.17. The van der Waals surface area contributed by atoms with Gasteiger partial charge in [0.05, 0.1) is 16.7 Å². The first-order valence-corrected chi connectivity index (χ1v) is 11.1. The third-order valence-electron chi connectivity index (χ3n) is 4.84. The maximum atomic E-state index is 12.9. The van der Waals surface area contributed by atoms with Gasteiger partial charge in [0.15, 0.2) is 0 Å². The second kappa shape index (κ2) is 10.2. The monoisotopic (exact) mass is 438 g/mol. The predicted octanol–water partition coefficient (Wildman–Crippen LogP) is 3.10. The molecule has 0 radical (unpaired) electrons. The summed E-state index contributed by atoms with van der Waals surface area (Å²) in [5.74, 6) is -1.01. The molecule has 0 fully saturated rings. The molecular formula is C23H26N4O3S. The summed E-state index contributed by atoms with van der Waals surface area (Å²) in [5, 5.41) is 8.25. The van der Waals surface area contributed by atoms with Crippen LogP contribution in [-0.4, -0.2) is 27.9 Å². The van der Waals surface area contributed by atoms with E-state index in [4.69, 9.17) is 0 Å². The molecule has 7 nitrogen and oxygen atoms in total. The summed E-state index contributed by atoms with van der Waals surface area (Å²) in [6, 6.07) is 9.53. The minimum absolute atomic E-state index is 0.0419. The highest BCUT2D eigenvalue weighted by Crippen LogP contribution is 2.16. The summed E-state index contributed by atoms with van der Waals surface area (Å²) >= 11 is 1.50. The number of hydrogen-bond acceptors (Lipinski definition) is 5. The van der Waals surface area contributed by atoms with Crippen LogP contribution in [0.5, 0.6) is 0 Å². The van der Waals surface area contributed by atoms with Gasteiger partial charge in [-0.05, 0) is 32.8 Å². The Kier molecular flexibility index (Phi) is 7.36. The van der Waals surface area contributed by atoms with Crippen LogP contribution in [0.2, 0.25) is 0 Å². The summed E-state index contributed by atoms with van der Waals surface area (Å²) in [4.78, 5) is 42.7. The van der Waals surface area contributed by atoms with Crippen molar-refractivity contribution in [2.24, 2.45) is 0 Å². The van der Waals surface area contributed by atoms with E-state index in [0.717, 1.165) is 16.3 Å². The molecule has 0 saturated carbocycles. The van der Waals surface area contributed by atoms with Crippen LogP contribution in [0.4, 0.5) is 0 Å². The van der Waals surface area contributed by atoms with Gasteiger partial charge in [-0.2, -0.15) is 0 Å². The smallest absolute Gasteiger partial charge is 0.257 e. The van der Waals surface area contributed by atoms with E-state index in [0.29, 0.717) is 19.5 Å². The third kappa shape index (κ3) is 5.67. The molecule has 8 heteroatoms. The fourth-order valence-corrected chi connectivity index (χ4v) is 3.88. The molecule has 2 amide bonds. The van der Waals surface area contributed by atoms with Crippen LogP contribution in [0.3, 0.4) is 0 Å². The molecule has 3 rings (SSSR count). The summed E-state index contributed by atoms with van der Waals surface area (Å²) in [6.45, 7) is 6.40. The summed E-state index contributed by atoms with van der Waals surface area (Å²) in [5.41, 5.74) is 1.18. The highest BCUT2D eigenvalue weighted by molar-refractivity contribution is 7.09. The summed E-state index contributed by atoms with van der Waals surface area (Å²) < 4.78 is 1.73. The van der Waals surface area contributed by atoms with Gasteiger partial charge in [-0.15, -0.1) is 11.3 Å². The molecule has 31 heavy (non-hydrogen) atoms. The second-order valence-electron chi connectivity index (χ2n) is 7.23. The number of thiazole rings is 1. The molecule has 2 aromatic heterocycles. The van der Waals surface area contributed by atoms with Crippen molar-refractivity contribution in [3.8, 4) is 0 Å². The zero-order valence-electron chi connectivity index (χ0n) is 17.8. The van der Waals surface area contributed by atoms with Crippen molar-refractivity contribution in [1.29, 1.82) is 0 Å². The maximum Gasteiger partial charge on any atom is 0.257 e. The van der Waals surface area contributed by atoms with Crippen LogP contribution in [0, 0.1) is 6.92 Å². The lowest BCUT2D eigenvalue weighted by Crippen LogP contribution is -2.36. The molecule has 0 saturated heterocycles. The lowest BCUT2D eigenvalue weighted by Gasteiger charge is -2.15. The van der Waals surface area contributed by atoms with Crippen molar-refractivity contribution in [3.63, 3.8) is 0 Å². The zero-order valence-corrected chi connectivity index (χ0v) is 18.7. The maximum absolute atomic E-state index is 12.9. The van der Waals surface area contributed by atoms with E-state index in [1.807, 2.05) is 49.6 Å². The van der Waals surface area contributed by atoms with Crippen LogP contribution in [0.1, 0.15) is 56.9 Å². The van der Waals surface area contributed by atoms with Gasteiger partial charge in [-0.3, -0.25) is 14.4 Å². The first-order valence-electron chi connectivity index (χ1n) is 10.2. The largest absolute Gasteiger partial charge is 0.352 e. The molecule has 0 unspecified atom stereocenters. The Morgan fingerprint density at radius 1 is 1.13 bits per heavy atom.